The summed E-state index contributed by atoms with van der Waals surface area (Å²) < 4.78 is 16.3. The number of hydrogen-bond donors (Lipinski definition) is 1. The van der Waals surface area contributed by atoms with E-state index in [0.29, 0.717) is 34.6 Å². The van der Waals surface area contributed by atoms with Gasteiger partial charge in [-0.05, 0) is 53.9 Å². The zero-order valence-corrected chi connectivity index (χ0v) is 22.7. The van der Waals surface area contributed by atoms with E-state index in [9.17, 15) is 19.5 Å². The van der Waals surface area contributed by atoms with Gasteiger partial charge in [0.2, 0.25) is 0 Å². The molecular formula is C29H26BrNO7. The number of Topliss-reactive ketones (excluding diaryl/α,β-unsaturated/α-hetero) is 1. The molecule has 1 saturated heterocycles. The van der Waals surface area contributed by atoms with E-state index in [-0.39, 0.29) is 17.9 Å². The first-order chi connectivity index (χ1) is 18.3. The fourth-order valence-electron chi connectivity index (χ4n) is 4.43. The lowest BCUT2D eigenvalue weighted by Crippen LogP contribution is -2.31. The van der Waals surface area contributed by atoms with Gasteiger partial charge in [0.1, 0.15) is 5.76 Å². The Morgan fingerprint density at radius 1 is 0.895 bits per heavy atom. The maximum Gasteiger partial charge on any atom is 0.337 e. The number of rotatable bonds is 8. The second kappa shape index (κ2) is 11.5. The zero-order chi connectivity index (χ0) is 27.4. The lowest BCUT2D eigenvalue weighted by molar-refractivity contribution is -0.139. The zero-order valence-electron chi connectivity index (χ0n) is 21.1. The summed E-state index contributed by atoms with van der Waals surface area (Å²) in [4.78, 5) is 39.9. The molecular weight excluding hydrogens is 554 g/mol. The van der Waals surface area contributed by atoms with Crippen molar-refractivity contribution in [2.75, 3.05) is 27.9 Å². The molecule has 1 fully saturated rings. The number of likely N-dealkylation sites (tertiary alicyclic amines) is 1. The number of benzene rings is 3. The van der Waals surface area contributed by atoms with E-state index < -0.39 is 23.7 Å². The van der Waals surface area contributed by atoms with Crippen LogP contribution in [-0.4, -0.2) is 55.5 Å². The van der Waals surface area contributed by atoms with Crippen molar-refractivity contribution in [2.24, 2.45) is 0 Å². The number of ketones is 1. The molecule has 1 heterocycles. The molecule has 8 nitrogen and oxygen atoms in total. The van der Waals surface area contributed by atoms with Crippen LogP contribution >= 0.6 is 15.9 Å². The molecule has 0 radical (unpaired) electrons. The first-order valence-electron chi connectivity index (χ1n) is 11.7. The minimum atomic E-state index is -0.856. The molecule has 196 valence electrons. The Labute approximate surface area is 228 Å². The summed E-state index contributed by atoms with van der Waals surface area (Å²) in [7, 11) is 4.38. The van der Waals surface area contributed by atoms with Gasteiger partial charge in [0.15, 0.2) is 11.5 Å². The maximum absolute atomic E-state index is 13.3. The Hall–Kier alpha value is -4.11. The molecule has 3 aromatic carbocycles. The second-order valence-electron chi connectivity index (χ2n) is 8.55. The van der Waals surface area contributed by atoms with E-state index in [4.69, 9.17) is 14.2 Å². The van der Waals surface area contributed by atoms with Crippen molar-refractivity contribution in [3.63, 3.8) is 0 Å². The summed E-state index contributed by atoms with van der Waals surface area (Å²) in [5.74, 6) is -1.14. The minimum absolute atomic E-state index is 0.0181. The highest BCUT2D eigenvalue weighted by Gasteiger charge is 2.45. The summed E-state index contributed by atoms with van der Waals surface area (Å²) in [5.41, 5.74) is 2.16. The summed E-state index contributed by atoms with van der Waals surface area (Å²) >= 11 is 3.36. The second-order valence-corrected chi connectivity index (χ2v) is 9.47. The van der Waals surface area contributed by atoms with Crippen molar-refractivity contribution in [1.29, 1.82) is 0 Å². The maximum atomic E-state index is 13.3. The Morgan fingerprint density at radius 3 is 2.13 bits per heavy atom. The molecule has 1 aliphatic rings. The fourth-order valence-corrected chi connectivity index (χ4v) is 4.69. The van der Waals surface area contributed by atoms with Crippen LogP contribution in [0.25, 0.3) is 5.76 Å². The molecule has 0 aliphatic carbocycles. The number of aliphatic hydroxyl groups excluding tert-OH is 1. The Morgan fingerprint density at radius 2 is 1.53 bits per heavy atom. The van der Waals surface area contributed by atoms with E-state index in [1.807, 2.05) is 12.1 Å². The highest BCUT2D eigenvalue weighted by molar-refractivity contribution is 9.10. The van der Waals surface area contributed by atoms with Gasteiger partial charge in [0.05, 0.1) is 38.5 Å². The van der Waals surface area contributed by atoms with Gasteiger partial charge in [-0.2, -0.15) is 0 Å². The third-order valence-corrected chi connectivity index (χ3v) is 6.92. The van der Waals surface area contributed by atoms with Gasteiger partial charge in [-0.25, -0.2) is 4.79 Å². The van der Waals surface area contributed by atoms with Gasteiger partial charge in [0, 0.05) is 16.6 Å². The van der Waals surface area contributed by atoms with Crippen molar-refractivity contribution in [1.82, 2.24) is 4.90 Å². The number of carbonyl (C=O) groups is 3. The number of halogens is 1. The minimum Gasteiger partial charge on any atom is -0.507 e. The van der Waals surface area contributed by atoms with Crippen LogP contribution in [-0.2, 0) is 20.7 Å². The summed E-state index contributed by atoms with van der Waals surface area (Å²) in [6.07, 6.45) is 0.419. The van der Waals surface area contributed by atoms with Crippen LogP contribution in [0.5, 0.6) is 11.5 Å². The number of ether oxygens (including phenoxy) is 3. The standard InChI is InChI=1S/C29H26BrNO7/c1-36-22-13-4-17(16-23(22)37-2)14-15-31-25(18-5-7-20(8-6-18)29(35)38-3)24(27(33)28(31)34)26(32)19-9-11-21(30)12-10-19/h4-13,16,25,32H,14-15H2,1-3H3/t25-/m1/s1. The summed E-state index contributed by atoms with van der Waals surface area (Å²) in [6.45, 7) is 0.195. The predicted molar refractivity (Wildman–Crippen MR) is 144 cm³/mol. The van der Waals surface area contributed by atoms with Crippen molar-refractivity contribution in [3.05, 3.63) is 99.0 Å². The predicted octanol–water partition coefficient (Wildman–Crippen LogP) is 4.92. The van der Waals surface area contributed by atoms with Gasteiger partial charge >= 0.3 is 5.97 Å². The SMILES string of the molecule is COC(=O)c1ccc([C@@H]2C(=C(O)c3ccc(Br)cc3)C(=O)C(=O)N2CCc2ccc(OC)c(OC)c2)cc1. The molecule has 0 saturated carbocycles. The first-order valence-corrected chi connectivity index (χ1v) is 12.5. The van der Waals surface area contributed by atoms with Crippen molar-refractivity contribution in [2.45, 2.75) is 12.5 Å². The van der Waals surface area contributed by atoms with Crippen molar-refractivity contribution < 1.29 is 33.7 Å². The lowest BCUT2D eigenvalue weighted by Gasteiger charge is -2.25. The third kappa shape index (κ3) is 5.28. The number of hydrogen-bond acceptors (Lipinski definition) is 7. The number of esters is 1. The highest BCUT2D eigenvalue weighted by Crippen LogP contribution is 2.40. The average molecular weight is 580 g/mol. The van der Waals surface area contributed by atoms with Crippen LogP contribution in [0.4, 0.5) is 0 Å². The monoisotopic (exact) mass is 579 g/mol. The lowest BCUT2D eigenvalue weighted by atomic mass is 9.94. The smallest absolute Gasteiger partial charge is 0.337 e. The molecule has 3 aromatic rings. The summed E-state index contributed by atoms with van der Waals surface area (Å²) in [6, 6.07) is 17.8. The molecule has 9 heteroatoms. The molecule has 1 atom stereocenters. The Bertz CT molecular complexity index is 1400. The van der Waals surface area contributed by atoms with Crippen LogP contribution in [0, 0.1) is 0 Å². The molecule has 1 N–H and O–H groups in total. The number of carbonyl (C=O) groups excluding carboxylic acids is 3. The topological polar surface area (TPSA) is 102 Å². The quantitative estimate of drug-likeness (QED) is 0.175. The van der Waals surface area contributed by atoms with E-state index in [1.54, 1.807) is 68.8 Å². The normalized spacial score (nSPS) is 16.4. The van der Waals surface area contributed by atoms with Crippen LogP contribution < -0.4 is 9.47 Å². The molecule has 0 bridgehead atoms. The van der Waals surface area contributed by atoms with Crippen LogP contribution in [0.2, 0.25) is 0 Å². The van der Waals surface area contributed by atoms with Crippen molar-refractivity contribution >= 4 is 39.3 Å². The third-order valence-electron chi connectivity index (χ3n) is 6.39. The van der Waals surface area contributed by atoms with Crippen LogP contribution in [0.15, 0.2) is 76.8 Å². The van der Waals surface area contributed by atoms with E-state index >= 15 is 0 Å². The molecule has 1 aliphatic heterocycles. The van der Waals surface area contributed by atoms with Crippen LogP contribution in [0.1, 0.15) is 33.1 Å². The van der Waals surface area contributed by atoms with Gasteiger partial charge in [-0.3, -0.25) is 9.59 Å². The number of nitrogens with zero attached hydrogens (tertiary/aromatic N) is 1. The number of amides is 1. The van der Waals surface area contributed by atoms with E-state index in [1.165, 1.54) is 12.0 Å². The van der Waals surface area contributed by atoms with Gasteiger partial charge in [-0.15, -0.1) is 0 Å². The van der Waals surface area contributed by atoms with E-state index in [2.05, 4.69) is 15.9 Å². The molecule has 38 heavy (non-hydrogen) atoms. The molecule has 0 unspecified atom stereocenters. The Balaban J connectivity index is 1.75. The van der Waals surface area contributed by atoms with Gasteiger partial charge in [0.25, 0.3) is 11.7 Å². The van der Waals surface area contributed by atoms with Gasteiger partial charge < -0.3 is 24.2 Å². The van der Waals surface area contributed by atoms with Gasteiger partial charge in [-0.1, -0.05) is 46.3 Å². The first kappa shape index (κ1) is 26.9. The van der Waals surface area contributed by atoms with Crippen molar-refractivity contribution in [3.8, 4) is 11.5 Å². The van der Waals surface area contributed by atoms with Crippen LogP contribution in [0.3, 0.4) is 0 Å². The highest BCUT2D eigenvalue weighted by atomic mass is 79.9. The largest absolute Gasteiger partial charge is 0.507 e. The Kier molecular flexibility index (Phi) is 8.16. The number of aliphatic hydroxyl groups is 1. The average Bonchev–Trinajstić information content (AvgIpc) is 3.20. The molecule has 1 amide bonds. The summed E-state index contributed by atoms with van der Waals surface area (Å²) in [5, 5.41) is 11.2. The number of methoxy groups -OCH3 is 3. The fraction of sp³-hybridized carbons (Fsp3) is 0.207. The molecule has 4 rings (SSSR count). The molecule has 0 spiro atoms. The van der Waals surface area contributed by atoms with E-state index in [0.717, 1.165) is 10.0 Å². The molecule has 0 aromatic heterocycles.